The molecule has 12 heteroatoms. The number of amides is 2. The molecular formula is C28H36F3N3O5S. The molecule has 0 aromatic heterocycles. The number of benzene rings is 2. The molecule has 0 bridgehead atoms. The lowest BCUT2D eigenvalue weighted by Crippen LogP contribution is -2.53. The third-order valence-electron chi connectivity index (χ3n) is 6.97. The third-order valence-corrected chi connectivity index (χ3v) is 8.11. The highest BCUT2D eigenvalue weighted by molar-refractivity contribution is 7.92. The number of alkyl halides is 3. The van der Waals surface area contributed by atoms with E-state index in [0.717, 1.165) is 50.5 Å². The Labute approximate surface area is 233 Å². The van der Waals surface area contributed by atoms with Crippen molar-refractivity contribution in [3.63, 3.8) is 0 Å². The second kappa shape index (κ2) is 13.4. The Morgan fingerprint density at radius 2 is 1.75 bits per heavy atom. The first kappa shape index (κ1) is 31.3. The average Bonchev–Trinajstić information content (AvgIpc) is 2.91. The van der Waals surface area contributed by atoms with E-state index in [1.807, 2.05) is 0 Å². The fraction of sp³-hybridized carbons (Fsp3) is 0.500. The Balaban J connectivity index is 1.96. The van der Waals surface area contributed by atoms with Gasteiger partial charge >= 0.3 is 6.18 Å². The van der Waals surface area contributed by atoms with Gasteiger partial charge in [-0.3, -0.25) is 13.9 Å². The Morgan fingerprint density at radius 1 is 1.07 bits per heavy atom. The maximum Gasteiger partial charge on any atom is 0.416 e. The number of anilines is 1. The van der Waals surface area contributed by atoms with E-state index in [9.17, 15) is 31.2 Å². The summed E-state index contributed by atoms with van der Waals surface area (Å²) >= 11 is 0. The fourth-order valence-electron chi connectivity index (χ4n) is 4.88. The van der Waals surface area contributed by atoms with E-state index in [1.165, 1.54) is 18.1 Å². The van der Waals surface area contributed by atoms with E-state index in [4.69, 9.17) is 4.74 Å². The fourth-order valence-corrected chi connectivity index (χ4v) is 5.72. The lowest BCUT2D eigenvalue weighted by molar-refractivity contribution is -0.140. The first-order valence-electron chi connectivity index (χ1n) is 13.2. The number of carbonyl (C=O) groups is 2. The van der Waals surface area contributed by atoms with Crippen molar-refractivity contribution in [3.8, 4) is 5.75 Å². The number of nitrogens with zero attached hydrogens (tertiary/aromatic N) is 2. The van der Waals surface area contributed by atoms with E-state index in [1.54, 1.807) is 31.2 Å². The summed E-state index contributed by atoms with van der Waals surface area (Å²) in [5.41, 5.74) is -0.703. The number of hydrogen-bond donors (Lipinski definition) is 1. The van der Waals surface area contributed by atoms with Gasteiger partial charge in [-0.2, -0.15) is 13.2 Å². The Morgan fingerprint density at radius 3 is 2.35 bits per heavy atom. The van der Waals surface area contributed by atoms with Crippen LogP contribution >= 0.6 is 0 Å². The molecule has 1 aliphatic carbocycles. The minimum atomic E-state index is -4.70. The second-order valence-electron chi connectivity index (χ2n) is 9.96. The number of halogens is 3. The van der Waals surface area contributed by atoms with Gasteiger partial charge in [0.05, 0.1) is 24.6 Å². The predicted molar refractivity (Wildman–Crippen MR) is 146 cm³/mol. The van der Waals surface area contributed by atoms with Gasteiger partial charge in [-0.05, 0) is 55.2 Å². The highest BCUT2D eigenvalue weighted by Gasteiger charge is 2.35. The van der Waals surface area contributed by atoms with E-state index in [-0.39, 0.29) is 30.6 Å². The van der Waals surface area contributed by atoms with Crippen LogP contribution in [0.5, 0.6) is 5.75 Å². The molecular weight excluding hydrogens is 547 g/mol. The van der Waals surface area contributed by atoms with Crippen molar-refractivity contribution in [1.82, 2.24) is 10.2 Å². The minimum absolute atomic E-state index is 0.0123. The zero-order valence-corrected chi connectivity index (χ0v) is 23.7. The molecule has 3 rings (SSSR count). The quantitative estimate of drug-likeness (QED) is 0.413. The maximum atomic E-state index is 13.8. The monoisotopic (exact) mass is 583 g/mol. The van der Waals surface area contributed by atoms with Crippen LogP contribution in [0.25, 0.3) is 0 Å². The van der Waals surface area contributed by atoms with Crippen molar-refractivity contribution >= 4 is 27.5 Å². The van der Waals surface area contributed by atoms with Gasteiger partial charge in [-0.25, -0.2) is 8.42 Å². The van der Waals surface area contributed by atoms with Crippen LogP contribution in [0.15, 0.2) is 48.5 Å². The normalized spacial score (nSPS) is 15.2. The van der Waals surface area contributed by atoms with Crippen LogP contribution in [-0.4, -0.2) is 57.1 Å². The molecule has 2 aromatic rings. The highest BCUT2D eigenvalue weighted by atomic mass is 32.2. The molecule has 1 N–H and O–H groups in total. The average molecular weight is 584 g/mol. The Kier molecular flexibility index (Phi) is 10.5. The third kappa shape index (κ3) is 8.36. The van der Waals surface area contributed by atoms with Crippen molar-refractivity contribution in [1.29, 1.82) is 0 Å². The maximum absolute atomic E-state index is 13.8. The molecule has 220 valence electrons. The molecule has 0 spiro atoms. The van der Waals surface area contributed by atoms with Gasteiger partial charge in [0.15, 0.2) is 0 Å². The molecule has 1 fully saturated rings. The summed E-state index contributed by atoms with van der Waals surface area (Å²) in [5, 5.41) is 3.04. The van der Waals surface area contributed by atoms with Crippen LogP contribution in [-0.2, 0) is 32.3 Å². The topological polar surface area (TPSA) is 96.0 Å². The van der Waals surface area contributed by atoms with Gasteiger partial charge in [-0.15, -0.1) is 0 Å². The molecule has 0 saturated heterocycles. The highest BCUT2D eigenvalue weighted by Crippen LogP contribution is 2.32. The molecule has 2 amide bonds. The summed E-state index contributed by atoms with van der Waals surface area (Å²) in [6, 6.07) is 9.75. The number of ether oxygens (including phenoxy) is 1. The van der Waals surface area contributed by atoms with Crippen molar-refractivity contribution in [2.75, 3.05) is 24.2 Å². The number of rotatable bonds is 11. The van der Waals surface area contributed by atoms with Crippen molar-refractivity contribution < 1.29 is 35.9 Å². The molecule has 0 aliphatic heterocycles. The van der Waals surface area contributed by atoms with E-state index in [0.29, 0.717) is 21.7 Å². The van der Waals surface area contributed by atoms with Gasteiger partial charge in [0, 0.05) is 12.6 Å². The summed E-state index contributed by atoms with van der Waals surface area (Å²) in [4.78, 5) is 28.5. The zero-order chi connectivity index (χ0) is 29.5. The molecule has 0 unspecified atom stereocenters. The van der Waals surface area contributed by atoms with Gasteiger partial charge in [-0.1, -0.05) is 44.4 Å². The first-order valence-corrected chi connectivity index (χ1v) is 15.1. The number of carbonyl (C=O) groups excluding carboxylic acids is 2. The van der Waals surface area contributed by atoms with Crippen LogP contribution in [0.4, 0.5) is 18.9 Å². The molecule has 8 nitrogen and oxygen atoms in total. The molecule has 1 aliphatic rings. The summed E-state index contributed by atoms with van der Waals surface area (Å²) in [7, 11) is -2.68. The molecule has 40 heavy (non-hydrogen) atoms. The number of methoxy groups -OCH3 is 1. The van der Waals surface area contributed by atoms with Gasteiger partial charge in [0.1, 0.15) is 18.3 Å². The van der Waals surface area contributed by atoms with Crippen LogP contribution in [0.3, 0.4) is 0 Å². The summed E-state index contributed by atoms with van der Waals surface area (Å²) in [6.07, 6.45) is 1.12. The first-order chi connectivity index (χ1) is 18.8. The summed E-state index contributed by atoms with van der Waals surface area (Å²) in [5.74, 6) is -0.543. The second-order valence-corrected chi connectivity index (χ2v) is 11.9. The number of sulfonamides is 1. The molecule has 2 aromatic carbocycles. The number of hydrogen-bond acceptors (Lipinski definition) is 5. The smallest absolute Gasteiger partial charge is 0.416 e. The minimum Gasteiger partial charge on any atom is -0.497 e. The van der Waals surface area contributed by atoms with E-state index >= 15 is 0 Å². The van der Waals surface area contributed by atoms with Gasteiger partial charge < -0.3 is 15.0 Å². The van der Waals surface area contributed by atoms with Crippen molar-refractivity contribution in [2.45, 2.75) is 70.3 Å². The van der Waals surface area contributed by atoms with Crippen molar-refractivity contribution in [2.24, 2.45) is 0 Å². The van der Waals surface area contributed by atoms with Gasteiger partial charge in [0.2, 0.25) is 21.8 Å². The summed E-state index contributed by atoms with van der Waals surface area (Å²) < 4.78 is 71.4. The van der Waals surface area contributed by atoms with Crippen LogP contribution < -0.4 is 14.4 Å². The lowest BCUT2D eigenvalue weighted by atomic mass is 9.95. The molecule has 1 atom stereocenters. The van der Waals surface area contributed by atoms with Crippen LogP contribution in [0.1, 0.15) is 56.6 Å². The van der Waals surface area contributed by atoms with Crippen molar-refractivity contribution in [3.05, 3.63) is 59.7 Å². The van der Waals surface area contributed by atoms with E-state index < -0.39 is 40.3 Å². The Bertz CT molecular complexity index is 1280. The largest absolute Gasteiger partial charge is 0.497 e. The molecule has 0 radical (unpaired) electrons. The molecule has 0 heterocycles. The SMILES string of the molecule is CC[C@H](C(=O)NC1CCCCC1)N(Cc1cccc(OC)c1)C(=O)CN(c1cccc(C(F)(F)F)c1)S(C)(=O)=O. The van der Waals surface area contributed by atoms with E-state index in [2.05, 4.69) is 5.32 Å². The lowest BCUT2D eigenvalue weighted by Gasteiger charge is -2.34. The standard InChI is InChI=1S/C28H36F3N3O5S/c1-4-25(27(36)32-22-12-6-5-7-13-22)33(18-20-10-8-15-24(16-20)39-2)26(35)19-34(40(3,37)38)23-14-9-11-21(17-23)28(29,30)31/h8-11,14-17,22,25H,4-7,12-13,18-19H2,1-3H3,(H,32,36)/t25-/m1/s1. The van der Waals surface area contributed by atoms with Crippen LogP contribution in [0.2, 0.25) is 0 Å². The molecule has 1 saturated carbocycles. The zero-order valence-electron chi connectivity index (χ0n) is 22.9. The van der Waals surface area contributed by atoms with Crippen LogP contribution in [0, 0.1) is 0 Å². The summed E-state index contributed by atoms with van der Waals surface area (Å²) in [6.45, 7) is 0.933. The van der Waals surface area contributed by atoms with Gasteiger partial charge in [0.25, 0.3) is 0 Å². The predicted octanol–water partition coefficient (Wildman–Crippen LogP) is 4.74. The number of nitrogens with one attached hydrogen (secondary N) is 1. The Hall–Kier alpha value is -3.28.